The number of hydrogen-bond donors (Lipinski definition) is 0. The van der Waals surface area contributed by atoms with Gasteiger partial charge < -0.3 is 0 Å². The van der Waals surface area contributed by atoms with E-state index >= 15 is 0 Å². The third kappa shape index (κ3) is 2.16. The average molecular weight is 290 g/mol. The second-order valence-electron chi connectivity index (χ2n) is 7.84. The van der Waals surface area contributed by atoms with E-state index in [4.69, 9.17) is 6.42 Å². The normalized spacial score (nSPS) is 40.0. The first-order chi connectivity index (χ1) is 10.8. The Morgan fingerprint density at radius 3 is 2.73 bits per heavy atom. The molecule has 4 aliphatic carbocycles. The van der Waals surface area contributed by atoms with Crippen LogP contribution in [0.15, 0.2) is 34.8 Å². The van der Waals surface area contributed by atoms with E-state index in [-0.39, 0.29) is 0 Å². The molecule has 0 aromatic rings. The van der Waals surface area contributed by atoms with Crippen molar-refractivity contribution >= 4 is 0 Å². The molecule has 22 heavy (non-hydrogen) atoms. The van der Waals surface area contributed by atoms with Gasteiger partial charge in [0.05, 0.1) is 0 Å². The quantitative estimate of drug-likeness (QED) is 0.412. The molecule has 0 N–H and O–H groups in total. The molecule has 0 nitrogen and oxygen atoms in total. The molecule has 0 spiro atoms. The molecule has 0 radical (unpaired) electrons. The third-order valence-corrected chi connectivity index (χ3v) is 7.08. The van der Waals surface area contributed by atoms with Crippen molar-refractivity contribution in [3.05, 3.63) is 34.8 Å². The van der Waals surface area contributed by atoms with Gasteiger partial charge in [-0.2, -0.15) is 0 Å². The molecular weight excluding hydrogens is 264 g/mol. The molecule has 0 amide bonds. The Balaban J connectivity index is 1.70. The largest absolute Gasteiger partial charge is 0.115 e. The van der Waals surface area contributed by atoms with E-state index in [1.165, 1.54) is 62.5 Å². The Kier molecular flexibility index (Phi) is 3.66. The molecule has 5 atom stereocenters. The molecule has 0 aromatic heterocycles. The van der Waals surface area contributed by atoms with E-state index in [1.807, 2.05) is 0 Å². The SMILES string of the molecule is C#CC1=C2CCC3C4CCCC4CCC3C2CC(=C=C=C)C1. The molecule has 3 saturated carbocycles. The highest BCUT2D eigenvalue weighted by molar-refractivity contribution is 5.41. The van der Waals surface area contributed by atoms with Gasteiger partial charge in [0.25, 0.3) is 0 Å². The molecule has 114 valence electrons. The van der Waals surface area contributed by atoms with Crippen molar-refractivity contribution in [2.24, 2.45) is 29.6 Å². The average Bonchev–Trinajstić information content (AvgIpc) is 3.03. The monoisotopic (exact) mass is 290 g/mol. The van der Waals surface area contributed by atoms with Crippen LogP contribution in [0, 0.1) is 41.9 Å². The summed E-state index contributed by atoms with van der Waals surface area (Å²) < 4.78 is 0. The Morgan fingerprint density at radius 1 is 1.00 bits per heavy atom. The first-order valence-electron chi connectivity index (χ1n) is 9.13. The van der Waals surface area contributed by atoms with Crippen molar-refractivity contribution in [3.8, 4) is 12.3 Å². The van der Waals surface area contributed by atoms with Crippen molar-refractivity contribution in [2.75, 3.05) is 0 Å². The second-order valence-corrected chi connectivity index (χ2v) is 7.84. The highest BCUT2D eigenvalue weighted by Gasteiger charge is 2.48. The zero-order valence-electron chi connectivity index (χ0n) is 13.5. The van der Waals surface area contributed by atoms with Crippen LogP contribution in [0.25, 0.3) is 0 Å². The predicted octanol–water partition coefficient (Wildman–Crippen LogP) is 5.43. The van der Waals surface area contributed by atoms with Gasteiger partial charge in [-0.3, -0.25) is 0 Å². The van der Waals surface area contributed by atoms with Crippen LogP contribution in [0.3, 0.4) is 0 Å². The fourth-order valence-electron chi connectivity index (χ4n) is 6.30. The van der Waals surface area contributed by atoms with Gasteiger partial charge in [-0.25, -0.2) is 0 Å². The lowest BCUT2D eigenvalue weighted by Gasteiger charge is -2.49. The molecule has 4 aliphatic rings. The van der Waals surface area contributed by atoms with E-state index in [2.05, 4.69) is 24.0 Å². The molecule has 0 aromatic carbocycles. The number of rotatable bonds is 0. The van der Waals surface area contributed by atoms with E-state index in [1.54, 1.807) is 5.57 Å². The maximum Gasteiger partial charge on any atom is 0.00954 e. The summed E-state index contributed by atoms with van der Waals surface area (Å²) in [6.07, 6.45) is 18.0. The van der Waals surface area contributed by atoms with Gasteiger partial charge in [-0.1, -0.05) is 35.8 Å². The third-order valence-electron chi connectivity index (χ3n) is 7.08. The van der Waals surface area contributed by atoms with Gasteiger partial charge in [-0.05, 0) is 80.3 Å². The highest BCUT2D eigenvalue weighted by Crippen LogP contribution is 2.57. The smallest absolute Gasteiger partial charge is 0.00954 e. The fraction of sp³-hybridized carbons (Fsp3) is 0.636. The summed E-state index contributed by atoms with van der Waals surface area (Å²) in [5.74, 6) is 7.64. The molecule has 3 fully saturated rings. The van der Waals surface area contributed by atoms with Crippen LogP contribution < -0.4 is 0 Å². The van der Waals surface area contributed by atoms with Gasteiger partial charge in [0.1, 0.15) is 0 Å². The number of hydrogen-bond acceptors (Lipinski definition) is 0. The van der Waals surface area contributed by atoms with Crippen LogP contribution in [-0.4, -0.2) is 0 Å². The van der Waals surface area contributed by atoms with Crippen LogP contribution in [0.4, 0.5) is 0 Å². The van der Waals surface area contributed by atoms with Gasteiger partial charge in [0, 0.05) is 12.0 Å². The molecule has 0 saturated heterocycles. The summed E-state index contributed by atoms with van der Waals surface area (Å²) in [6.45, 7) is 3.71. The van der Waals surface area contributed by atoms with E-state index in [9.17, 15) is 0 Å². The van der Waals surface area contributed by atoms with E-state index in [0.29, 0.717) is 5.92 Å². The summed E-state index contributed by atoms with van der Waals surface area (Å²) in [5.41, 5.74) is 10.3. The van der Waals surface area contributed by atoms with Gasteiger partial charge in [-0.15, -0.1) is 6.42 Å². The highest BCUT2D eigenvalue weighted by atomic mass is 14.5. The summed E-state index contributed by atoms with van der Waals surface area (Å²) in [4.78, 5) is 0. The standard InChI is InChI=1S/C22H26/c1-3-6-15-13-16(4-2)19-11-12-20-18-8-5-7-17(18)9-10-21(20)22(19)14-15/h2,17-18,20-22H,1,5,7-14H2. The second kappa shape index (κ2) is 5.66. The lowest BCUT2D eigenvalue weighted by atomic mass is 9.55. The number of allylic oxidation sites excluding steroid dienone is 3. The fourth-order valence-corrected chi connectivity index (χ4v) is 6.30. The molecule has 0 bridgehead atoms. The molecule has 4 rings (SSSR count). The van der Waals surface area contributed by atoms with Crippen LogP contribution in [0.1, 0.15) is 57.8 Å². The van der Waals surface area contributed by atoms with E-state index < -0.39 is 0 Å². The van der Waals surface area contributed by atoms with Gasteiger partial charge in [0.2, 0.25) is 0 Å². The Bertz CT molecular complexity index is 627. The minimum Gasteiger partial charge on any atom is -0.115 e. The van der Waals surface area contributed by atoms with Crippen LogP contribution in [-0.2, 0) is 0 Å². The van der Waals surface area contributed by atoms with Crippen molar-refractivity contribution in [3.63, 3.8) is 0 Å². The van der Waals surface area contributed by atoms with Gasteiger partial charge in [0.15, 0.2) is 0 Å². The number of fused-ring (bicyclic) bond motifs is 5. The molecule has 0 heterocycles. The topological polar surface area (TPSA) is 0 Å². The lowest BCUT2D eigenvalue weighted by Crippen LogP contribution is -2.41. The van der Waals surface area contributed by atoms with Crippen LogP contribution >= 0.6 is 0 Å². The van der Waals surface area contributed by atoms with Crippen molar-refractivity contribution < 1.29 is 0 Å². The van der Waals surface area contributed by atoms with Crippen molar-refractivity contribution in [1.82, 2.24) is 0 Å². The van der Waals surface area contributed by atoms with Gasteiger partial charge >= 0.3 is 0 Å². The minimum atomic E-state index is 0.705. The summed E-state index contributed by atoms with van der Waals surface area (Å²) in [6, 6.07) is 0. The summed E-state index contributed by atoms with van der Waals surface area (Å²) >= 11 is 0. The Morgan fingerprint density at radius 2 is 1.91 bits per heavy atom. The molecular formula is C22H26. The van der Waals surface area contributed by atoms with Crippen molar-refractivity contribution in [2.45, 2.75) is 57.8 Å². The molecule has 0 heteroatoms. The van der Waals surface area contributed by atoms with Crippen LogP contribution in [0.2, 0.25) is 0 Å². The van der Waals surface area contributed by atoms with E-state index in [0.717, 1.165) is 30.1 Å². The summed E-state index contributed by atoms with van der Waals surface area (Å²) in [7, 11) is 0. The molecule has 5 unspecified atom stereocenters. The maximum atomic E-state index is 5.84. The number of terminal acetylenes is 1. The zero-order chi connectivity index (χ0) is 15.1. The zero-order valence-corrected chi connectivity index (χ0v) is 13.5. The first kappa shape index (κ1) is 14.2. The Labute approximate surface area is 135 Å². The summed E-state index contributed by atoms with van der Waals surface area (Å²) in [5, 5.41) is 0. The van der Waals surface area contributed by atoms with Crippen LogP contribution in [0.5, 0.6) is 0 Å². The molecule has 0 aliphatic heterocycles. The lowest BCUT2D eigenvalue weighted by molar-refractivity contribution is 0.0526. The maximum absolute atomic E-state index is 5.84. The first-order valence-corrected chi connectivity index (χ1v) is 9.13. The van der Waals surface area contributed by atoms with Crippen molar-refractivity contribution in [1.29, 1.82) is 0 Å². The Hall–Kier alpha value is -1.40. The minimum absolute atomic E-state index is 0.705. The predicted molar refractivity (Wildman–Crippen MR) is 91.0 cm³/mol.